The molecule has 3 heteroatoms. The van der Waals surface area contributed by atoms with Crippen LogP contribution in [-0.4, -0.2) is 15.4 Å². The van der Waals surface area contributed by atoms with Crippen molar-refractivity contribution < 1.29 is 9.90 Å². The molecule has 4 aliphatic rings. The van der Waals surface area contributed by atoms with Gasteiger partial charge in [0.1, 0.15) is 0 Å². The van der Waals surface area contributed by atoms with Crippen LogP contribution in [0.25, 0.3) is 0 Å². The first-order chi connectivity index (χ1) is 6.85. The Morgan fingerprint density at radius 1 is 1.27 bits per heavy atom. The third kappa shape index (κ3) is 1.31. The maximum absolute atomic E-state index is 11.5. The lowest BCUT2D eigenvalue weighted by atomic mass is 9.44. The van der Waals surface area contributed by atoms with E-state index in [9.17, 15) is 9.90 Å². The van der Waals surface area contributed by atoms with E-state index in [0.29, 0.717) is 5.92 Å². The fourth-order valence-electron chi connectivity index (χ4n) is 5.03. The van der Waals surface area contributed by atoms with E-state index in [4.69, 9.17) is 0 Å². The van der Waals surface area contributed by atoms with Crippen LogP contribution < -0.4 is 0 Å². The first-order valence-corrected chi connectivity index (χ1v) is 6.57. The SMILES string of the molecule is C[C@]12C[C@H]3C[C@@](Br)(C1)C[C@@](C(=O)O)(C3)C2. The Kier molecular flexibility index (Phi) is 1.76. The van der Waals surface area contributed by atoms with Gasteiger partial charge in [0.15, 0.2) is 0 Å². The smallest absolute Gasteiger partial charge is 0.309 e. The maximum atomic E-state index is 11.5. The van der Waals surface area contributed by atoms with Crippen LogP contribution in [0.2, 0.25) is 0 Å². The molecule has 2 nitrogen and oxygen atoms in total. The molecule has 0 spiro atoms. The minimum atomic E-state index is -0.554. The number of aliphatic carboxylic acids is 1. The van der Waals surface area contributed by atoms with Crippen LogP contribution in [0.4, 0.5) is 0 Å². The molecule has 0 aromatic rings. The molecule has 0 radical (unpaired) electrons. The Bertz CT molecular complexity index is 321. The first kappa shape index (κ1) is 10.1. The molecule has 0 unspecified atom stereocenters. The molecular formula is C12H17BrO2. The fraction of sp³-hybridized carbons (Fsp3) is 0.917. The summed E-state index contributed by atoms with van der Waals surface area (Å²) in [5, 5.41) is 9.49. The second-order valence-corrected chi connectivity index (χ2v) is 8.24. The summed E-state index contributed by atoms with van der Waals surface area (Å²) in [4.78, 5) is 11.5. The van der Waals surface area contributed by atoms with Crippen molar-refractivity contribution in [2.75, 3.05) is 0 Å². The minimum Gasteiger partial charge on any atom is -0.481 e. The zero-order valence-electron chi connectivity index (χ0n) is 9.05. The van der Waals surface area contributed by atoms with Gasteiger partial charge in [-0.05, 0) is 49.9 Å². The van der Waals surface area contributed by atoms with Crippen molar-refractivity contribution in [1.29, 1.82) is 0 Å². The van der Waals surface area contributed by atoms with E-state index < -0.39 is 11.4 Å². The zero-order valence-corrected chi connectivity index (χ0v) is 10.6. The van der Waals surface area contributed by atoms with Gasteiger partial charge in [0.25, 0.3) is 0 Å². The molecule has 0 aliphatic heterocycles. The van der Waals surface area contributed by atoms with E-state index in [1.807, 2.05) is 0 Å². The lowest BCUT2D eigenvalue weighted by Gasteiger charge is -2.62. The number of rotatable bonds is 1. The Balaban J connectivity index is 2.05. The summed E-state index contributed by atoms with van der Waals surface area (Å²) in [6.07, 6.45) is 6.28. The summed E-state index contributed by atoms with van der Waals surface area (Å²) in [7, 11) is 0. The van der Waals surface area contributed by atoms with Gasteiger partial charge in [0, 0.05) is 4.32 Å². The average Bonchev–Trinajstić information content (AvgIpc) is 1.95. The zero-order chi connectivity index (χ0) is 10.9. The number of hydrogen-bond acceptors (Lipinski definition) is 1. The normalized spacial score (nSPS) is 57.1. The molecule has 0 heterocycles. The number of carboxylic acid groups (broad SMARTS) is 1. The van der Waals surface area contributed by atoms with Crippen molar-refractivity contribution in [3.8, 4) is 0 Å². The highest BCUT2D eigenvalue weighted by Gasteiger charge is 2.63. The van der Waals surface area contributed by atoms with E-state index in [2.05, 4.69) is 22.9 Å². The molecule has 1 N–H and O–H groups in total. The van der Waals surface area contributed by atoms with Crippen molar-refractivity contribution in [2.24, 2.45) is 16.7 Å². The molecule has 84 valence electrons. The van der Waals surface area contributed by atoms with Crippen molar-refractivity contribution >= 4 is 21.9 Å². The lowest BCUT2D eigenvalue weighted by Crippen LogP contribution is -2.59. The third-order valence-corrected chi connectivity index (χ3v) is 5.62. The van der Waals surface area contributed by atoms with E-state index >= 15 is 0 Å². The maximum Gasteiger partial charge on any atom is 0.309 e. The summed E-state index contributed by atoms with van der Waals surface area (Å²) in [6.45, 7) is 2.28. The van der Waals surface area contributed by atoms with Crippen molar-refractivity contribution in [1.82, 2.24) is 0 Å². The number of hydrogen-bond donors (Lipinski definition) is 1. The monoisotopic (exact) mass is 272 g/mol. The van der Waals surface area contributed by atoms with Crippen LogP contribution in [0, 0.1) is 16.7 Å². The number of carbonyl (C=O) groups is 1. The lowest BCUT2D eigenvalue weighted by molar-refractivity contribution is -0.169. The largest absolute Gasteiger partial charge is 0.481 e. The highest BCUT2D eigenvalue weighted by Crippen LogP contribution is 2.68. The predicted molar refractivity (Wildman–Crippen MR) is 61.0 cm³/mol. The van der Waals surface area contributed by atoms with Crippen LogP contribution in [-0.2, 0) is 4.79 Å². The highest BCUT2D eigenvalue weighted by molar-refractivity contribution is 9.10. The fourth-order valence-corrected chi connectivity index (χ4v) is 6.70. The highest BCUT2D eigenvalue weighted by atomic mass is 79.9. The van der Waals surface area contributed by atoms with Gasteiger partial charge in [-0.3, -0.25) is 4.79 Å². The van der Waals surface area contributed by atoms with Gasteiger partial charge in [-0.15, -0.1) is 0 Å². The first-order valence-electron chi connectivity index (χ1n) is 5.77. The summed E-state index contributed by atoms with van der Waals surface area (Å²) in [5.41, 5.74) is -0.126. The molecule has 15 heavy (non-hydrogen) atoms. The van der Waals surface area contributed by atoms with Gasteiger partial charge in [0.05, 0.1) is 5.41 Å². The molecule has 4 rings (SSSR count). The van der Waals surface area contributed by atoms with Crippen molar-refractivity contribution in [3.63, 3.8) is 0 Å². The number of carboxylic acids is 1. The molecule has 0 aromatic heterocycles. The molecule has 4 bridgehead atoms. The van der Waals surface area contributed by atoms with Crippen molar-refractivity contribution in [2.45, 2.75) is 49.8 Å². The molecule has 4 fully saturated rings. The predicted octanol–water partition coefficient (Wildman–Crippen LogP) is 3.20. The Morgan fingerprint density at radius 3 is 2.53 bits per heavy atom. The summed E-state index contributed by atoms with van der Waals surface area (Å²) >= 11 is 3.83. The van der Waals surface area contributed by atoms with Crippen LogP contribution in [0.5, 0.6) is 0 Å². The van der Waals surface area contributed by atoms with Gasteiger partial charge < -0.3 is 5.11 Å². The average molecular weight is 273 g/mol. The molecule has 0 amide bonds. The van der Waals surface area contributed by atoms with Crippen LogP contribution in [0.1, 0.15) is 45.4 Å². The summed E-state index contributed by atoms with van der Waals surface area (Å²) in [6, 6.07) is 0. The molecule has 0 aromatic carbocycles. The second-order valence-electron chi connectivity index (χ2n) is 6.56. The van der Waals surface area contributed by atoms with E-state index in [1.54, 1.807) is 0 Å². The van der Waals surface area contributed by atoms with Gasteiger partial charge >= 0.3 is 5.97 Å². The minimum absolute atomic E-state index is 0.138. The number of halogens is 1. The molecule has 4 saturated carbocycles. The quantitative estimate of drug-likeness (QED) is 0.745. The summed E-state index contributed by atoms with van der Waals surface area (Å²) < 4.78 is 0.138. The Labute approximate surface area is 98.6 Å². The van der Waals surface area contributed by atoms with Crippen LogP contribution >= 0.6 is 15.9 Å². The molecule has 4 aliphatic carbocycles. The molecule has 4 atom stereocenters. The van der Waals surface area contributed by atoms with E-state index in [1.165, 1.54) is 19.3 Å². The van der Waals surface area contributed by atoms with Gasteiger partial charge in [-0.25, -0.2) is 0 Å². The summed E-state index contributed by atoms with van der Waals surface area (Å²) in [5.74, 6) is 0.0865. The van der Waals surface area contributed by atoms with Gasteiger partial charge in [-0.2, -0.15) is 0 Å². The Hall–Kier alpha value is -0.0500. The molecular weight excluding hydrogens is 256 g/mol. The van der Waals surface area contributed by atoms with E-state index in [0.717, 1.165) is 19.3 Å². The van der Waals surface area contributed by atoms with Gasteiger partial charge in [0.2, 0.25) is 0 Å². The van der Waals surface area contributed by atoms with Gasteiger partial charge in [-0.1, -0.05) is 22.9 Å². The molecule has 0 saturated heterocycles. The third-order valence-electron chi connectivity index (χ3n) is 4.73. The topological polar surface area (TPSA) is 37.3 Å². The van der Waals surface area contributed by atoms with E-state index in [-0.39, 0.29) is 9.74 Å². The van der Waals surface area contributed by atoms with Crippen LogP contribution in [0.15, 0.2) is 0 Å². The number of alkyl halides is 1. The van der Waals surface area contributed by atoms with Crippen molar-refractivity contribution in [3.05, 3.63) is 0 Å². The van der Waals surface area contributed by atoms with Crippen LogP contribution in [0.3, 0.4) is 0 Å². The Morgan fingerprint density at radius 2 is 2.00 bits per heavy atom. The second kappa shape index (κ2) is 2.61. The standard InChI is InChI=1S/C12H17BrO2/c1-10-2-8-3-11(5-10,9(14)15)7-12(13,4-8)6-10/h8H,2-7H2,1H3,(H,14,15)/t8-,10-,11-,12-/m1/s1.